The summed E-state index contributed by atoms with van der Waals surface area (Å²) in [5.41, 5.74) is 0.976. The summed E-state index contributed by atoms with van der Waals surface area (Å²) in [5, 5.41) is 3.40. The average molecular weight is 233 g/mol. The predicted molar refractivity (Wildman–Crippen MR) is 71.2 cm³/mol. The summed E-state index contributed by atoms with van der Waals surface area (Å²) in [6, 6.07) is 6.08. The van der Waals surface area contributed by atoms with Gasteiger partial charge < -0.3 is 5.32 Å². The molecule has 0 fully saturated rings. The lowest BCUT2D eigenvalue weighted by molar-refractivity contribution is 1.11. The summed E-state index contributed by atoms with van der Waals surface area (Å²) in [6.45, 7) is 4.65. The molecule has 16 heavy (non-hydrogen) atoms. The molecule has 0 radical (unpaired) electrons. The molecule has 2 aromatic heterocycles. The molecular formula is C12H15N3S. The van der Waals surface area contributed by atoms with Crippen LogP contribution in [0.4, 0.5) is 5.82 Å². The van der Waals surface area contributed by atoms with E-state index in [0.29, 0.717) is 0 Å². The number of rotatable bonds is 6. The van der Waals surface area contributed by atoms with Crippen LogP contribution < -0.4 is 5.32 Å². The van der Waals surface area contributed by atoms with Crippen LogP contribution in [0.2, 0.25) is 0 Å². The quantitative estimate of drug-likeness (QED) is 0.614. The molecule has 0 aromatic carbocycles. The number of pyridine rings is 1. The van der Waals surface area contributed by atoms with E-state index in [4.69, 9.17) is 0 Å². The summed E-state index contributed by atoms with van der Waals surface area (Å²) in [6.07, 6.45) is 5.71. The van der Waals surface area contributed by atoms with Gasteiger partial charge in [0.1, 0.15) is 11.5 Å². The molecule has 2 heterocycles. The third kappa shape index (κ3) is 2.58. The highest BCUT2D eigenvalue weighted by molar-refractivity contribution is 7.99. The Balaban J connectivity index is 1.93. The Morgan fingerprint density at radius 2 is 2.44 bits per heavy atom. The standard InChI is InChI=1S/C12H15N3S/c1-2-9-16-10-7-14-12-5-3-4-11-13-6-8-15(11)12/h2-6,8,14H,1,7,9-10H2. The van der Waals surface area contributed by atoms with Gasteiger partial charge in [-0.3, -0.25) is 4.40 Å². The maximum absolute atomic E-state index is 4.24. The van der Waals surface area contributed by atoms with E-state index in [0.717, 1.165) is 29.5 Å². The number of aromatic nitrogens is 2. The van der Waals surface area contributed by atoms with Crippen LogP contribution in [-0.2, 0) is 0 Å². The Labute approximate surface area is 99.6 Å². The van der Waals surface area contributed by atoms with Crippen molar-refractivity contribution in [2.24, 2.45) is 0 Å². The predicted octanol–water partition coefficient (Wildman–Crippen LogP) is 2.67. The van der Waals surface area contributed by atoms with Crippen LogP contribution in [0.25, 0.3) is 5.65 Å². The van der Waals surface area contributed by atoms with E-state index in [2.05, 4.69) is 27.3 Å². The van der Waals surface area contributed by atoms with E-state index in [1.54, 1.807) is 0 Å². The lowest BCUT2D eigenvalue weighted by atomic mass is 10.4. The molecule has 2 aromatic rings. The van der Waals surface area contributed by atoms with Crippen molar-refractivity contribution >= 4 is 23.2 Å². The smallest absolute Gasteiger partial charge is 0.138 e. The van der Waals surface area contributed by atoms with Gasteiger partial charge in [0, 0.05) is 30.4 Å². The first kappa shape index (κ1) is 11.1. The lowest BCUT2D eigenvalue weighted by Crippen LogP contribution is -2.07. The molecule has 0 spiro atoms. The molecule has 4 heteroatoms. The second-order valence-electron chi connectivity index (χ2n) is 3.36. The molecule has 0 bridgehead atoms. The first-order valence-corrected chi connectivity index (χ1v) is 6.42. The van der Waals surface area contributed by atoms with Crippen LogP contribution in [0.15, 0.2) is 43.2 Å². The van der Waals surface area contributed by atoms with Crippen molar-refractivity contribution in [3.05, 3.63) is 43.2 Å². The van der Waals surface area contributed by atoms with Crippen molar-refractivity contribution < 1.29 is 0 Å². The Kier molecular flexibility index (Phi) is 3.88. The monoisotopic (exact) mass is 233 g/mol. The summed E-state index contributed by atoms with van der Waals surface area (Å²) in [5.74, 6) is 3.18. The van der Waals surface area contributed by atoms with Gasteiger partial charge in [0.2, 0.25) is 0 Å². The van der Waals surface area contributed by atoms with E-state index >= 15 is 0 Å². The Bertz CT molecular complexity index is 464. The normalized spacial score (nSPS) is 10.5. The van der Waals surface area contributed by atoms with Gasteiger partial charge in [-0.15, -0.1) is 6.58 Å². The van der Waals surface area contributed by atoms with Gasteiger partial charge in [0.15, 0.2) is 0 Å². The van der Waals surface area contributed by atoms with Gasteiger partial charge in [-0.1, -0.05) is 12.1 Å². The highest BCUT2D eigenvalue weighted by Gasteiger charge is 1.98. The third-order valence-corrected chi connectivity index (χ3v) is 3.18. The molecule has 0 aliphatic rings. The zero-order valence-electron chi connectivity index (χ0n) is 9.10. The molecule has 0 saturated heterocycles. The van der Waals surface area contributed by atoms with Crippen LogP contribution in [0.1, 0.15) is 0 Å². The molecule has 0 saturated carbocycles. The van der Waals surface area contributed by atoms with E-state index in [1.807, 2.05) is 42.4 Å². The molecule has 1 N–H and O–H groups in total. The minimum Gasteiger partial charge on any atom is -0.370 e. The first-order chi connectivity index (χ1) is 7.92. The minimum absolute atomic E-state index is 0.954. The number of hydrogen-bond acceptors (Lipinski definition) is 3. The summed E-state index contributed by atoms with van der Waals surface area (Å²) in [7, 11) is 0. The van der Waals surface area contributed by atoms with Crippen LogP contribution in [-0.4, -0.2) is 27.4 Å². The fourth-order valence-electron chi connectivity index (χ4n) is 1.51. The fraction of sp³-hybridized carbons (Fsp3) is 0.250. The molecule has 0 unspecified atom stereocenters. The SMILES string of the molecule is C=CCSCCNc1cccc2nccn12. The highest BCUT2D eigenvalue weighted by Crippen LogP contribution is 2.11. The second kappa shape index (κ2) is 5.61. The number of hydrogen-bond donors (Lipinski definition) is 1. The average Bonchev–Trinajstić information content (AvgIpc) is 2.77. The van der Waals surface area contributed by atoms with Crippen molar-refractivity contribution in [3.63, 3.8) is 0 Å². The molecule has 84 valence electrons. The first-order valence-electron chi connectivity index (χ1n) is 5.26. The van der Waals surface area contributed by atoms with Crippen molar-refractivity contribution in [1.29, 1.82) is 0 Å². The Morgan fingerprint density at radius 1 is 1.50 bits per heavy atom. The summed E-state index contributed by atoms with van der Waals surface area (Å²) >= 11 is 1.87. The number of anilines is 1. The number of imidazole rings is 1. The van der Waals surface area contributed by atoms with Crippen LogP contribution in [0.3, 0.4) is 0 Å². The van der Waals surface area contributed by atoms with Gasteiger partial charge in [0.05, 0.1) is 0 Å². The van der Waals surface area contributed by atoms with Gasteiger partial charge >= 0.3 is 0 Å². The van der Waals surface area contributed by atoms with Gasteiger partial charge in [-0.05, 0) is 12.1 Å². The molecule has 2 rings (SSSR count). The Hall–Kier alpha value is -1.42. The minimum atomic E-state index is 0.954. The van der Waals surface area contributed by atoms with Crippen LogP contribution in [0.5, 0.6) is 0 Å². The number of fused-ring (bicyclic) bond motifs is 1. The fourth-order valence-corrected chi connectivity index (χ4v) is 2.09. The molecule has 0 atom stereocenters. The maximum Gasteiger partial charge on any atom is 0.138 e. The summed E-state index contributed by atoms with van der Waals surface area (Å²) < 4.78 is 2.05. The highest BCUT2D eigenvalue weighted by atomic mass is 32.2. The number of nitrogens with one attached hydrogen (secondary N) is 1. The van der Waals surface area contributed by atoms with Gasteiger partial charge in [-0.2, -0.15) is 11.8 Å². The number of nitrogens with zero attached hydrogens (tertiary/aromatic N) is 2. The molecule has 3 nitrogen and oxygen atoms in total. The Morgan fingerprint density at radius 3 is 3.31 bits per heavy atom. The molecular weight excluding hydrogens is 218 g/mol. The van der Waals surface area contributed by atoms with Gasteiger partial charge in [0.25, 0.3) is 0 Å². The van der Waals surface area contributed by atoms with Crippen molar-refractivity contribution in [2.45, 2.75) is 0 Å². The maximum atomic E-state index is 4.24. The van der Waals surface area contributed by atoms with Gasteiger partial charge in [-0.25, -0.2) is 4.98 Å². The number of thioether (sulfide) groups is 1. The van der Waals surface area contributed by atoms with E-state index in [1.165, 1.54) is 0 Å². The lowest BCUT2D eigenvalue weighted by Gasteiger charge is -2.08. The largest absolute Gasteiger partial charge is 0.370 e. The van der Waals surface area contributed by atoms with Crippen molar-refractivity contribution in [1.82, 2.24) is 9.38 Å². The van der Waals surface area contributed by atoms with Crippen LogP contribution in [0, 0.1) is 0 Å². The van der Waals surface area contributed by atoms with Crippen molar-refractivity contribution in [2.75, 3.05) is 23.4 Å². The summed E-state index contributed by atoms with van der Waals surface area (Å²) in [4.78, 5) is 4.24. The zero-order chi connectivity index (χ0) is 11.2. The van der Waals surface area contributed by atoms with E-state index < -0.39 is 0 Å². The third-order valence-electron chi connectivity index (χ3n) is 2.22. The molecule has 0 aliphatic carbocycles. The van der Waals surface area contributed by atoms with E-state index in [9.17, 15) is 0 Å². The second-order valence-corrected chi connectivity index (χ2v) is 4.51. The van der Waals surface area contributed by atoms with E-state index in [-0.39, 0.29) is 0 Å². The topological polar surface area (TPSA) is 29.3 Å². The van der Waals surface area contributed by atoms with Crippen molar-refractivity contribution in [3.8, 4) is 0 Å². The molecule has 0 aliphatic heterocycles. The zero-order valence-corrected chi connectivity index (χ0v) is 9.91. The molecule has 0 amide bonds. The van der Waals surface area contributed by atoms with Crippen LogP contribution >= 0.6 is 11.8 Å².